The fourth-order valence-electron chi connectivity index (χ4n) is 15.1. The van der Waals surface area contributed by atoms with Crippen LogP contribution in [0.5, 0.6) is 0 Å². The summed E-state index contributed by atoms with van der Waals surface area (Å²) in [7, 11) is 0. The molecule has 0 amide bonds. The summed E-state index contributed by atoms with van der Waals surface area (Å²) in [4.78, 5) is 25.7. The van der Waals surface area contributed by atoms with Gasteiger partial charge in [-0.05, 0) is 111 Å². The summed E-state index contributed by atoms with van der Waals surface area (Å²) in [6, 6.07) is 0. The Morgan fingerprint density at radius 1 is 0.672 bits per heavy atom. The van der Waals surface area contributed by atoms with Gasteiger partial charge in [-0.2, -0.15) is 0 Å². The highest BCUT2D eigenvalue weighted by Crippen LogP contribution is 2.76. The van der Waals surface area contributed by atoms with Gasteiger partial charge in [-0.25, -0.2) is 4.79 Å². The van der Waals surface area contributed by atoms with Gasteiger partial charge in [0.25, 0.3) is 0 Å². The Labute approximate surface area is 391 Å². The molecule has 382 valence electrons. The number of aliphatic carboxylic acids is 2. The fourth-order valence-corrected chi connectivity index (χ4v) is 15.1. The predicted octanol–water partition coefficient (Wildman–Crippen LogP) is 0.799. The van der Waals surface area contributed by atoms with Crippen molar-refractivity contribution in [2.75, 3.05) is 13.2 Å². The van der Waals surface area contributed by atoms with Gasteiger partial charge in [-0.15, -0.1) is 0 Å². The molecule has 0 spiro atoms. The van der Waals surface area contributed by atoms with Crippen LogP contribution in [0.1, 0.15) is 113 Å². The Morgan fingerprint density at radius 2 is 1.28 bits per heavy atom. The van der Waals surface area contributed by atoms with E-state index in [4.69, 9.17) is 28.4 Å². The van der Waals surface area contributed by atoms with Gasteiger partial charge in [0.2, 0.25) is 0 Å². The normalized spacial score (nSPS) is 54.1. The van der Waals surface area contributed by atoms with Crippen LogP contribution in [0.15, 0.2) is 11.6 Å². The molecule has 4 saturated carbocycles. The van der Waals surface area contributed by atoms with Gasteiger partial charge < -0.3 is 84.6 Å². The molecule has 19 heteroatoms. The zero-order valence-corrected chi connectivity index (χ0v) is 39.7. The van der Waals surface area contributed by atoms with Crippen molar-refractivity contribution in [3.8, 4) is 0 Å². The Bertz CT molecular complexity index is 1880. The quantitative estimate of drug-likeness (QED) is 0.107. The number of allylic oxidation sites excluding steroid dienone is 2. The van der Waals surface area contributed by atoms with E-state index in [2.05, 4.69) is 40.7 Å². The fraction of sp³-hybridized carbons (Fsp3) is 0.917. The molecule has 3 saturated heterocycles. The highest BCUT2D eigenvalue weighted by molar-refractivity contribution is 5.76. The number of carboxylic acid groups (broad SMARTS) is 2. The van der Waals surface area contributed by atoms with Crippen LogP contribution in [0, 0.1) is 50.2 Å². The molecule has 8 aliphatic rings. The van der Waals surface area contributed by atoms with Crippen molar-refractivity contribution in [2.45, 2.75) is 211 Å². The summed E-state index contributed by atoms with van der Waals surface area (Å²) in [6.45, 7) is 13.7. The average Bonchev–Trinajstić information content (AvgIpc) is 3.27. The Balaban J connectivity index is 1.02. The molecule has 8 rings (SSSR count). The van der Waals surface area contributed by atoms with Crippen LogP contribution in [0.3, 0.4) is 0 Å². The molecule has 11 N–H and O–H groups in total. The minimum Gasteiger partial charge on any atom is -0.481 e. The van der Waals surface area contributed by atoms with Gasteiger partial charge in [-0.3, -0.25) is 4.79 Å². The van der Waals surface area contributed by atoms with Crippen molar-refractivity contribution in [2.24, 2.45) is 50.2 Å². The van der Waals surface area contributed by atoms with Gasteiger partial charge in [0.1, 0.15) is 61.0 Å². The number of aliphatic hydroxyl groups excluding tert-OH is 9. The number of carboxylic acids is 2. The summed E-state index contributed by atoms with van der Waals surface area (Å²) in [5, 5.41) is 119. The van der Waals surface area contributed by atoms with Gasteiger partial charge in [-0.1, -0.05) is 53.2 Å². The van der Waals surface area contributed by atoms with E-state index in [0.717, 1.165) is 38.5 Å². The monoisotopic (exact) mass is 956 g/mol. The Kier molecular flexibility index (Phi) is 13.8. The number of ether oxygens (including phenoxy) is 6. The van der Waals surface area contributed by atoms with Crippen LogP contribution in [0.2, 0.25) is 0 Å². The molecule has 24 unspecified atom stereocenters. The van der Waals surface area contributed by atoms with Crippen molar-refractivity contribution in [3.63, 3.8) is 0 Å². The lowest BCUT2D eigenvalue weighted by Gasteiger charge is -2.71. The maximum absolute atomic E-state index is 13.1. The van der Waals surface area contributed by atoms with Gasteiger partial charge in [0, 0.05) is 5.41 Å². The third kappa shape index (κ3) is 7.97. The number of aliphatic hydroxyl groups is 9. The molecule has 0 aromatic carbocycles. The molecule has 0 bridgehead atoms. The third-order valence-corrected chi connectivity index (χ3v) is 19.4. The molecule has 67 heavy (non-hydrogen) atoms. The van der Waals surface area contributed by atoms with Crippen molar-refractivity contribution in [1.29, 1.82) is 0 Å². The molecule has 3 heterocycles. The molecule has 19 nitrogen and oxygen atoms in total. The zero-order chi connectivity index (χ0) is 49.1. The average molecular weight is 957 g/mol. The third-order valence-electron chi connectivity index (χ3n) is 19.4. The van der Waals surface area contributed by atoms with E-state index in [9.17, 15) is 65.8 Å². The first-order chi connectivity index (χ1) is 31.2. The summed E-state index contributed by atoms with van der Waals surface area (Å²) < 4.78 is 35.1. The molecule has 0 aromatic heterocycles. The maximum Gasteiger partial charge on any atom is 0.335 e. The number of rotatable bonds is 10. The van der Waals surface area contributed by atoms with Crippen LogP contribution < -0.4 is 0 Å². The topological polar surface area (TPSA) is 312 Å². The summed E-state index contributed by atoms with van der Waals surface area (Å²) in [5.41, 5.74) is -1.10. The lowest BCUT2D eigenvalue weighted by molar-refractivity contribution is -0.382. The predicted molar refractivity (Wildman–Crippen MR) is 231 cm³/mol. The van der Waals surface area contributed by atoms with Crippen LogP contribution in [-0.2, 0) is 38.0 Å². The van der Waals surface area contributed by atoms with E-state index in [1.54, 1.807) is 0 Å². The van der Waals surface area contributed by atoms with Crippen LogP contribution in [0.4, 0.5) is 0 Å². The Morgan fingerprint density at radius 3 is 1.90 bits per heavy atom. The van der Waals surface area contributed by atoms with E-state index in [0.29, 0.717) is 25.7 Å². The zero-order valence-electron chi connectivity index (χ0n) is 39.7. The highest BCUT2D eigenvalue weighted by Gasteiger charge is 2.70. The van der Waals surface area contributed by atoms with Crippen molar-refractivity contribution < 1.29 is 94.2 Å². The van der Waals surface area contributed by atoms with Crippen molar-refractivity contribution in [1.82, 2.24) is 0 Å². The second kappa shape index (κ2) is 18.0. The van der Waals surface area contributed by atoms with Gasteiger partial charge in [0.15, 0.2) is 25.0 Å². The van der Waals surface area contributed by atoms with Crippen molar-refractivity contribution >= 4 is 11.9 Å². The van der Waals surface area contributed by atoms with E-state index < -0.39 is 128 Å². The maximum atomic E-state index is 13.1. The number of hydrogen-bond acceptors (Lipinski definition) is 17. The number of carbonyl (C=O) groups is 2. The minimum absolute atomic E-state index is 0.0259. The first kappa shape index (κ1) is 51.4. The van der Waals surface area contributed by atoms with Crippen LogP contribution in [-0.4, -0.2) is 180 Å². The second-order valence-electron chi connectivity index (χ2n) is 23.3. The van der Waals surface area contributed by atoms with Crippen LogP contribution in [0.25, 0.3) is 0 Å². The van der Waals surface area contributed by atoms with Crippen LogP contribution >= 0.6 is 0 Å². The summed E-state index contributed by atoms with van der Waals surface area (Å²) in [5.74, 6) is -2.28. The lowest BCUT2D eigenvalue weighted by Crippen LogP contribution is -2.68. The van der Waals surface area contributed by atoms with E-state index in [1.165, 1.54) is 12.5 Å². The molecule has 3 aliphatic heterocycles. The first-order valence-electron chi connectivity index (χ1n) is 24.3. The standard InChI is InChI=1S/C48H76O19/c1-21-28(51)30(53)31(54)39(62-21)65-35-29(52)24(19-49)63-40(33(35)56)66-36-32(55)37(38(58)59)67-41(34(36)57)64-27-11-12-44(4)25(45(27,5)20-50)10-13-47(7)26(44)9-8-22-23-18-43(2,3)14-16-48(23,42(60)61)17-15-46(22,47)6/h8,21,23-37,39-41,49-57H,9-20H2,1-7H3,(H,58,59)(H,60,61). The molecule has 5 aliphatic carbocycles. The number of hydrogen-bond donors (Lipinski definition) is 11. The summed E-state index contributed by atoms with van der Waals surface area (Å²) >= 11 is 0. The second-order valence-corrected chi connectivity index (χ2v) is 23.3. The van der Waals surface area contributed by atoms with E-state index >= 15 is 0 Å². The first-order valence-corrected chi connectivity index (χ1v) is 24.3. The molecule has 7 fully saturated rings. The highest BCUT2D eigenvalue weighted by atomic mass is 16.8. The van der Waals surface area contributed by atoms with Gasteiger partial charge in [0.05, 0.1) is 30.8 Å². The molecular formula is C48H76O19. The van der Waals surface area contributed by atoms with E-state index in [1.807, 2.05) is 6.92 Å². The van der Waals surface area contributed by atoms with Crippen molar-refractivity contribution in [3.05, 3.63) is 11.6 Å². The Hall–Kier alpha value is -1.92. The smallest absolute Gasteiger partial charge is 0.335 e. The SMILES string of the molecule is CC1OC(OC2C(O)C(CO)OC(OC3C(O)C(OC4CCC5(C)C(CCC6(C)C5CC=C5C7CC(C)(C)CCC7(C(=O)O)CCC56C)C4(C)CO)OC(C(=O)O)C3O)C2O)C(O)C(O)C1O. The molecule has 24 atom stereocenters. The largest absolute Gasteiger partial charge is 0.481 e. The molecular weight excluding hydrogens is 881 g/mol. The van der Waals surface area contributed by atoms with E-state index in [-0.39, 0.29) is 46.0 Å². The molecule has 0 radical (unpaired) electrons. The summed E-state index contributed by atoms with van der Waals surface area (Å²) in [6.07, 6.45) is -17.7. The number of fused-ring (bicyclic) bond motifs is 7. The minimum atomic E-state index is -2.08. The van der Waals surface area contributed by atoms with Gasteiger partial charge >= 0.3 is 11.9 Å². The lowest BCUT2D eigenvalue weighted by atomic mass is 9.33. The molecule has 0 aromatic rings.